The van der Waals surface area contributed by atoms with Crippen molar-refractivity contribution >= 4 is 0 Å². The molecular formula is C14H23NO. The molecule has 0 aromatic heterocycles. The molecule has 2 heteroatoms. The van der Waals surface area contributed by atoms with Crippen molar-refractivity contribution in [3.05, 3.63) is 35.4 Å². The van der Waals surface area contributed by atoms with Crippen LogP contribution in [0.3, 0.4) is 0 Å². The number of hydrogen-bond acceptors (Lipinski definition) is 2. The monoisotopic (exact) mass is 221 g/mol. The summed E-state index contributed by atoms with van der Waals surface area (Å²) in [5.41, 5.74) is 7.33. The Hall–Kier alpha value is -0.860. The molecule has 0 spiro atoms. The minimum Gasteiger partial charge on any atom is -0.388 e. The topological polar surface area (TPSA) is 46.2 Å². The highest BCUT2D eigenvalue weighted by atomic mass is 16.3. The van der Waals surface area contributed by atoms with Crippen molar-refractivity contribution in [2.75, 3.05) is 6.54 Å². The fourth-order valence-electron chi connectivity index (χ4n) is 1.74. The zero-order chi connectivity index (χ0) is 12.2. The van der Waals surface area contributed by atoms with Crippen LogP contribution in [0.2, 0.25) is 0 Å². The van der Waals surface area contributed by atoms with Gasteiger partial charge in [-0.15, -0.1) is 0 Å². The van der Waals surface area contributed by atoms with Crippen LogP contribution in [0.25, 0.3) is 0 Å². The summed E-state index contributed by atoms with van der Waals surface area (Å²) in [6.45, 7) is 6.64. The molecule has 0 amide bonds. The Morgan fingerprint density at radius 2 is 1.81 bits per heavy atom. The van der Waals surface area contributed by atoms with Gasteiger partial charge in [0.05, 0.1) is 5.60 Å². The van der Waals surface area contributed by atoms with Crippen molar-refractivity contribution < 1.29 is 5.11 Å². The number of aliphatic hydroxyl groups is 1. The molecule has 0 aliphatic rings. The highest BCUT2D eigenvalue weighted by Crippen LogP contribution is 2.19. The van der Waals surface area contributed by atoms with E-state index < -0.39 is 5.60 Å². The molecule has 2 nitrogen and oxygen atoms in total. The Bertz CT molecular complexity index is 312. The van der Waals surface area contributed by atoms with E-state index in [1.807, 2.05) is 6.92 Å². The fourth-order valence-corrected chi connectivity index (χ4v) is 1.74. The molecule has 0 saturated heterocycles. The van der Waals surface area contributed by atoms with E-state index in [0.717, 1.165) is 5.56 Å². The average Bonchev–Trinajstić information content (AvgIpc) is 2.29. The fraction of sp³-hybridized carbons (Fsp3) is 0.571. The highest BCUT2D eigenvalue weighted by Gasteiger charge is 2.22. The van der Waals surface area contributed by atoms with Crippen LogP contribution in [0.4, 0.5) is 0 Å². The summed E-state index contributed by atoms with van der Waals surface area (Å²) in [4.78, 5) is 0. The number of benzene rings is 1. The summed E-state index contributed by atoms with van der Waals surface area (Å²) < 4.78 is 0. The molecule has 0 saturated carbocycles. The van der Waals surface area contributed by atoms with Gasteiger partial charge in [0.2, 0.25) is 0 Å². The molecule has 1 aromatic rings. The van der Waals surface area contributed by atoms with E-state index in [9.17, 15) is 5.11 Å². The second kappa shape index (κ2) is 5.46. The lowest BCUT2D eigenvalue weighted by atomic mass is 9.91. The van der Waals surface area contributed by atoms with Crippen LogP contribution >= 0.6 is 0 Å². The third-order valence-corrected chi connectivity index (χ3v) is 3.22. The third-order valence-electron chi connectivity index (χ3n) is 3.22. The van der Waals surface area contributed by atoms with Gasteiger partial charge in [-0.2, -0.15) is 0 Å². The zero-order valence-electron chi connectivity index (χ0n) is 10.5. The first-order valence-corrected chi connectivity index (χ1v) is 6.02. The third kappa shape index (κ3) is 3.32. The maximum absolute atomic E-state index is 10.1. The molecule has 1 aromatic carbocycles. The molecule has 1 atom stereocenters. The van der Waals surface area contributed by atoms with Crippen LogP contribution in [-0.4, -0.2) is 17.3 Å². The first-order valence-electron chi connectivity index (χ1n) is 6.02. The van der Waals surface area contributed by atoms with Crippen LogP contribution in [0.15, 0.2) is 24.3 Å². The summed E-state index contributed by atoms with van der Waals surface area (Å²) in [6, 6.07) is 8.44. The van der Waals surface area contributed by atoms with Crippen molar-refractivity contribution in [2.24, 2.45) is 5.73 Å². The zero-order valence-corrected chi connectivity index (χ0v) is 10.5. The smallest absolute Gasteiger partial charge is 0.0806 e. The van der Waals surface area contributed by atoms with Crippen LogP contribution in [0, 0.1) is 0 Å². The average molecular weight is 221 g/mol. The van der Waals surface area contributed by atoms with Crippen molar-refractivity contribution in [1.29, 1.82) is 0 Å². The van der Waals surface area contributed by atoms with Crippen molar-refractivity contribution in [1.82, 2.24) is 0 Å². The van der Waals surface area contributed by atoms with Crippen molar-refractivity contribution in [3.8, 4) is 0 Å². The van der Waals surface area contributed by atoms with Gasteiger partial charge in [-0.3, -0.25) is 0 Å². The molecule has 0 aliphatic heterocycles. The van der Waals surface area contributed by atoms with E-state index in [4.69, 9.17) is 5.73 Å². The lowest BCUT2D eigenvalue weighted by Crippen LogP contribution is -2.39. The predicted molar refractivity (Wildman–Crippen MR) is 68.5 cm³/mol. The van der Waals surface area contributed by atoms with Crippen LogP contribution in [0.1, 0.15) is 44.2 Å². The van der Waals surface area contributed by atoms with Crippen LogP contribution in [0.5, 0.6) is 0 Å². The maximum Gasteiger partial charge on any atom is 0.0806 e. The van der Waals surface area contributed by atoms with E-state index in [1.54, 1.807) is 0 Å². The molecule has 0 heterocycles. The van der Waals surface area contributed by atoms with Gasteiger partial charge in [-0.1, -0.05) is 45.0 Å². The molecule has 0 radical (unpaired) electrons. The maximum atomic E-state index is 10.1. The summed E-state index contributed by atoms with van der Waals surface area (Å²) >= 11 is 0. The molecular weight excluding hydrogens is 198 g/mol. The van der Waals surface area contributed by atoms with Gasteiger partial charge in [0, 0.05) is 13.0 Å². The van der Waals surface area contributed by atoms with Crippen LogP contribution in [-0.2, 0) is 6.42 Å². The van der Waals surface area contributed by atoms with Gasteiger partial charge in [-0.25, -0.2) is 0 Å². The first-order chi connectivity index (χ1) is 7.50. The molecule has 1 unspecified atom stereocenters. The lowest BCUT2D eigenvalue weighted by Gasteiger charge is -2.25. The van der Waals surface area contributed by atoms with Gasteiger partial charge in [0.25, 0.3) is 0 Å². The molecule has 90 valence electrons. The molecule has 16 heavy (non-hydrogen) atoms. The standard InChI is InChI=1S/C14H23NO/c1-4-14(16,10-15)9-12-5-7-13(8-6-12)11(2)3/h5-8,11,16H,4,9-10,15H2,1-3H3. The van der Waals surface area contributed by atoms with E-state index in [0.29, 0.717) is 25.3 Å². The second-order valence-corrected chi connectivity index (χ2v) is 4.86. The van der Waals surface area contributed by atoms with Gasteiger partial charge >= 0.3 is 0 Å². The minimum atomic E-state index is -0.751. The van der Waals surface area contributed by atoms with E-state index in [1.165, 1.54) is 5.56 Å². The quantitative estimate of drug-likeness (QED) is 0.802. The molecule has 1 rings (SSSR count). The number of rotatable bonds is 5. The van der Waals surface area contributed by atoms with E-state index in [-0.39, 0.29) is 0 Å². The summed E-state index contributed by atoms with van der Waals surface area (Å²) in [6.07, 6.45) is 1.33. The summed E-state index contributed by atoms with van der Waals surface area (Å²) in [5, 5.41) is 10.1. The number of nitrogens with two attached hydrogens (primary N) is 1. The second-order valence-electron chi connectivity index (χ2n) is 4.86. The SMILES string of the molecule is CCC(O)(CN)Cc1ccc(C(C)C)cc1. The van der Waals surface area contributed by atoms with E-state index in [2.05, 4.69) is 38.1 Å². The first kappa shape index (κ1) is 13.2. The molecule has 0 fully saturated rings. The van der Waals surface area contributed by atoms with Crippen LogP contribution < -0.4 is 5.73 Å². The molecule has 0 aliphatic carbocycles. The van der Waals surface area contributed by atoms with Crippen molar-refractivity contribution in [3.63, 3.8) is 0 Å². The Labute approximate surface area is 98.5 Å². The Balaban J connectivity index is 2.75. The minimum absolute atomic E-state index is 0.315. The van der Waals surface area contributed by atoms with Gasteiger partial charge in [-0.05, 0) is 23.5 Å². The Kier molecular flexibility index (Phi) is 4.51. The van der Waals surface area contributed by atoms with Gasteiger partial charge in [0.1, 0.15) is 0 Å². The Morgan fingerprint density at radius 1 is 1.25 bits per heavy atom. The normalized spacial score (nSPS) is 15.1. The van der Waals surface area contributed by atoms with E-state index >= 15 is 0 Å². The molecule has 0 bridgehead atoms. The van der Waals surface area contributed by atoms with Gasteiger partial charge in [0.15, 0.2) is 0 Å². The predicted octanol–water partition coefficient (Wildman–Crippen LogP) is 2.45. The Morgan fingerprint density at radius 3 is 2.19 bits per heavy atom. The number of hydrogen-bond donors (Lipinski definition) is 2. The summed E-state index contributed by atoms with van der Waals surface area (Å²) in [5.74, 6) is 0.550. The van der Waals surface area contributed by atoms with Crippen molar-refractivity contribution in [2.45, 2.75) is 45.1 Å². The van der Waals surface area contributed by atoms with Gasteiger partial charge < -0.3 is 10.8 Å². The largest absolute Gasteiger partial charge is 0.388 e. The lowest BCUT2D eigenvalue weighted by molar-refractivity contribution is 0.0456. The molecule has 3 N–H and O–H groups in total. The highest BCUT2D eigenvalue weighted by molar-refractivity contribution is 5.25. The summed E-state index contributed by atoms with van der Waals surface area (Å²) in [7, 11) is 0.